The monoisotopic (exact) mass is 293 g/mol. The molecule has 1 heterocycles. The summed E-state index contributed by atoms with van der Waals surface area (Å²) in [5.41, 5.74) is 3.63. The highest BCUT2D eigenvalue weighted by Crippen LogP contribution is 2.19. The number of aromatic nitrogens is 2. The summed E-state index contributed by atoms with van der Waals surface area (Å²) in [5, 5.41) is 10.5. The molecule has 0 atom stereocenters. The van der Waals surface area contributed by atoms with Crippen LogP contribution in [-0.2, 0) is 0 Å². The third-order valence-electron chi connectivity index (χ3n) is 3.27. The molecule has 3 aromatic rings. The number of carbonyl (C=O) groups excluding carboxylic acids is 1. The number of carbonyl (C=O) groups is 1. The van der Waals surface area contributed by atoms with Gasteiger partial charge in [-0.2, -0.15) is 0 Å². The number of aryl methyl sites for hydroxylation is 2. The second-order valence-corrected chi connectivity index (χ2v) is 5.05. The Kier molecular flexibility index (Phi) is 3.70. The molecular weight excluding hydrogens is 278 g/mol. The zero-order valence-electron chi connectivity index (χ0n) is 12.3. The quantitative estimate of drug-likeness (QED) is 0.801. The fourth-order valence-corrected chi connectivity index (χ4v) is 2.14. The molecule has 0 spiro atoms. The van der Waals surface area contributed by atoms with Crippen molar-refractivity contribution in [1.82, 2.24) is 10.2 Å². The van der Waals surface area contributed by atoms with E-state index in [1.807, 2.05) is 62.4 Å². The Morgan fingerprint density at radius 1 is 1.05 bits per heavy atom. The van der Waals surface area contributed by atoms with Gasteiger partial charge in [0.05, 0.1) is 0 Å². The van der Waals surface area contributed by atoms with Crippen LogP contribution < -0.4 is 5.32 Å². The molecule has 1 aromatic heterocycles. The molecule has 0 saturated carbocycles. The van der Waals surface area contributed by atoms with Gasteiger partial charge < -0.3 is 9.73 Å². The minimum Gasteiger partial charge on any atom is -0.412 e. The Morgan fingerprint density at radius 2 is 1.82 bits per heavy atom. The smallest absolute Gasteiger partial charge is 0.313 e. The molecule has 0 aliphatic rings. The first-order valence-electron chi connectivity index (χ1n) is 6.91. The van der Waals surface area contributed by atoms with Crippen LogP contribution in [0.5, 0.6) is 0 Å². The molecule has 0 saturated heterocycles. The fraction of sp³-hybridized carbons (Fsp3) is 0.118. The number of hydrogen-bond donors (Lipinski definition) is 1. The van der Waals surface area contributed by atoms with Crippen molar-refractivity contribution in [3.8, 4) is 11.5 Å². The van der Waals surface area contributed by atoms with Gasteiger partial charge in [0.2, 0.25) is 5.89 Å². The van der Waals surface area contributed by atoms with Crippen molar-refractivity contribution in [2.45, 2.75) is 13.8 Å². The van der Waals surface area contributed by atoms with Gasteiger partial charge in [-0.15, -0.1) is 10.2 Å². The first-order valence-corrected chi connectivity index (χ1v) is 6.91. The summed E-state index contributed by atoms with van der Waals surface area (Å²) in [6.07, 6.45) is 0. The summed E-state index contributed by atoms with van der Waals surface area (Å²) in [6.45, 7) is 3.94. The van der Waals surface area contributed by atoms with Gasteiger partial charge in [-0.3, -0.25) is 4.79 Å². The third-order valence-corrected chi connectivity index (χ3v) is 3.27. The topological polar surface area (TPSA) is 68.0 Å². The zero-order chi connectivity index (χ0) is 15.5. The lowest BCUT2D eigenvalue weighted by molar-refractivity contribution is 0.0990. The van der Waals surface area contributed by atoms with Gasteiger partial charge in [0.25, 0.3) is 0 Å². The molecule has 0 aliphatic heterocycles. The van der Waals surface area contributed by atoms with Gasteiger partial charge in [0.15, 0.2) is 0 Å². The van der Waals surface area contributed by atoms with Gasteiger partial charge in [0.1, 0.15) is 0 Å². The fourth-order valence-electron chi connectivity index (χ4n) is 2.14. The van der Waals surface area contributed by atoms with Crippen LogP contribution in [0.1, 0.15) is 21.8 Å². The Bertz CT molecular complexity index is 810. The summed E-state index contributed by atoms with van der Waals surface area (Å²) in [5.74, 6) is -0.146. The maximum absolute atomic E-state index is 12.2. The lowest BCUT2D eigenvalue weighted by atomic mass is 10.1. The average Bonchev–Trinajstić information content (AvgIpc) is 3.01. The van der Waals surface area contributed by atoms with Crippen molar-refractivity contribution in [3.63, 3.8) is 0 Å². The number of amides is 1. The average molecular weight is 293 g/mol. The van der Waals surface area contributed by atoms with Crippen LogP contribution in [0, 0.1) is 13.8 Å². The molecule has 0 unspecified atom stereocenters. The van der Waals surface area contributed by atoms with Crippen LogP contribution >= 0.6 is 0 Å². The van der Waals surface area contributed by atoms with E-state index in [9.17, 15) is 4.79 Å². The molecule has 22 heavy (non-hydrogen) atoms. The van der Waals surface area contributed by atoms with E-state index in [1.54, 1.807) is 0 Å². The van der Waals surface area contributed by atoms with Crippen LogP contribution in [0.2, 0.25) is 0 Å². The Hall–Kier alpha value is -2.95. The van der Waals surface area contributed by atoms with E-state index in [0.717, 1.165) is 22.4 Å². The maximum Gasteiger partial charge on any atom is 0.313 e. The molecule has 1 amide bonds. The number of hydrogen-bond acceptors (Lipinski definition) is 4. The Balaban J connectivity index is 1.80. The Labute approximate surface area is 128 Å². The molecule has 5 nitrogen and oxygen atoms in total. The van der Waals surface area contributed by atoms with Crippen LogP contribution in [0.3, 0.4) is 0 Å². The predicted octanol–water partition coefficient (Wildman–Crippen LogP) is 3.61. The van der Waals surface area contributed by atoms with Gasteiger partial charge in [0, 0.05) is 11.3 Å². The third kappa shape index (κ3) is 2.88. The number of nitrogens with one attached hydrogen (secondary N) is 1. The number of rotatable bonds is 3. The highest BCUT2D eigenvalue weighted by atomic mass is 16.4. The summed E-state index contributed by atoms with van der Waals surface area (Å²) in [7, 11) is 0. The van der Waals surface area contributed by atoms with Gasteiger partial charge >= 0.3 is 11.8 Å². The SMILES string of the molecule is Cc1ccc(NC(=O)c2nnc(-c3ccccc3)o2)c(C)c1. The van der Waals surface area contributed by atoms with E-state index in [4.69, 9.17) is 4.42 Å². The van der Waals surface area contributed by atoms with Gasteiger partial charge in [-0.05, 0) is 37.6 Å². The number of benzene rings is 2. The van der Waals surface area contributed by atoms with E-state index in [0.29, 0.717) is 5.89 Å². The van der Waals surface area contributed by atoms with Gasteiger partial charge in [-0.1, -0.05) is 35.9 Å². The summed E-state index contributed by atoms with van der Waals surface area (Å²) in [4.78, 5) is 12.2. The van der Waals surface area contributed by atoms with E-state index in [-0.39, 0.29) is 5.89 Å². The molecule has 5 heteroatoms. The normalized spacial score (nSPS) is 10.5. The summed E-state index contributed by atoms with van der Waals surface area (Å²) in [6, 6.07) is 15.1. The maximum atomic E-state index is 12.2. The molecule has 0 bridgehead atoms. The first-order chi connectivity index (χ1) is 10.6. The lowest BCUT2D eigenvalue weighted by Gasteiger charge is -2.06. The lowest BCUT2D eigenvalue weighted by Crippen LogP contribution is -2.13. The first kappa shape index (κ1) is 14.0. The second kappa shape index (κ2) is 5.81. The Morgan fingerprint density at radius 3 is 2.55 bits per heavy atom. The number of nitrogens with zero attached hydrogens (tertiary/aromatic N) is 2. The predicted molar refractivity (Wildman–Crippen MR) is 83.6 cm³/mol. The van der Waals surface area contributed by atoms with E-state index in [2.05, 4.69) is 15.5 Å². The van der Waals surface area contributed by atoms with Crippen LogP contribution in [-0.4, -0.2) is 16.1 Å². The van der Waals surface area contributed by atoms with E-state index >= 15 is 0 Å². The number of anilines is 1. The van der Waals surface area contributed by atoms with Crippen molar-refractivity contribution >= 4 is 11.6 Å². The van der Waals surface area contributed by atoms with Crippen LogP contribution in [0.4, 0.5) is 5.69 Å². The largest absolute Gasteiger partial charge is 0.412 e. The minimum absolute atomic E-state index is 0.0566. The van der Waals surface area contributed by atoms with Gasteiger partial charge in [-0.25, -0.2) is 0 Å². The van der Waals surface area contributed by atoms with E-state index in [1.165, 1.54) is 0 Å². The molecule has 2 aromatic carbocycles. The molecule has 0 radical (unpaired) electrons. The summed E-state index contributed by atoms with van der Waals surface area (Å²) < 4.78 is 5.43. The zero-order valence-corrected chi connectivity index (χ0v) is 12.3. The van der Waals surface area contributed by atoms with Crippen molar-refractivity contribution in [1.29, 1.82) is 0 Å². The van der Waals surface area contributed by atoms with Crippen molar-refractivity contribution in [2.24, 2.45) is 0 Å². The second-order valence-electron chi connectivity index (χ2n) is 5.05. The van der Waals surface area contributed by atoms with Crippen molar-refractivity contribution < 1.29 is 9.21 Å². The molecule has 1 N–H and O–H groups in total. The standard InChI is InChI=1S/C17H15N3O2/c1-11-8-9-14(12(2)10-11)18-15(21)17-20-19-16(22-17)13-6-4-3-5-7-13/h3-10H,1-2H3,(H,18,21). The summed E-state index contributed by atoms with van der Waals surface area (Å²) >= 11 is 0. The molecule has 3 rings (SSSR count). The minimum atomic E-state index is -0.415. The van der Waals surface area contributed by atoms with Crippen LogP contribution in [0.15, 0.2) is 52.9 Å². The van der Waals surface area contributed by atoms with E-state index < -0.39 is 5.91 Å². The van der Waals surface area contributed by atoms with Crippen LogP contribution in [0.25, 0.3) is 11.5 Å². The molecule has 0 fully saturated rings. The highest BCUT2D eigenvalue weighted by Gasteiger charge is 2.16. The molecular formula is C17H15N3O2. The highest BCUT2D eigenvalue weighted by molar-refractivity contribution is 6.01. The van der Waals surface area contributed by atoms with Crippen molar-refractivity contribution in [3.05, 3.63) is 65.5 Å². The molecule has 110 valence electrons. The molecule has 0 aliphatic carbocycles. The van der Waals surface area contributed by atoms with Crippen molar-refractivity contribution in [2.75, 3.05) is 5.32 Å².